The molecule has 0 radical (unpaired) electrons. The van der Waals surface area contributed by atoms with Crippen LogP contribution in [-0.2, 0) is 0 Å². The average molecular weight is 170 g/mol. The van der Waals surface area contributed by atoms with Crippen LogP contribution in [-0.4, -0.2) is 25.5 Å². The van der Waals surface area contributed by atoms with Gasteiger partial charge in [-0.05, 0) is 36.5 Å². The van der Waals surface area contributed by atoms with Gasteiger partial charge in [-0.2, -0.15) is 11.3 Å². The summed E-state index contributed by atoms with van der Waals surface area (Å²) < 4.78 is 0. The summed E-state index contributed by atoms with van der Waals surface area (Å²) in [5, 5.41) is 4.24. The van der Waals surface area contributed by atoms with Crippen molar-refractivity contribution in [1.29, 1.82) is 0 Å². The molecule has 0 aliphatic rings. The third kappa shape index (κ3) is 2.02. The topological polar surface area (TPSA) is 29.3 Å². The van der Waals surface area contributed by atoms with Crippen molar-refractivity contribution in [2.75, 3.05) is 20.6 Å². The molecule has 0 aromatic carbocycles. The molecule has 0 aliphatic heterocycles. The summed E-state index contributed by atoms with van der Waals surface area (Å²) in [4.78, 5) is 2.14. The molecule has 11 heavy (non-hydrogen) atoms. The molecule has 62 valence electrons. The SMILES string of the molecule is CN(C)C(CN)c1ccsc1. The van der Waals surface area contributed by atoms with Crippen LogP contribution in [0.2, 0.25) is 0 Å². The normalized spacial score (nSPS) is 13.8. The highest BCUT2D eigenvalue weighted by Gasteiger charge is 2.10. The van der Waals surface area contributed by atoms with Crippen molar-refractivity contribution in [3.63, 3.8) is 0 Å². The first-order valence-corrected chi connectivity index (χ1v) is 4.58. The van der Waals surface area contributed by atoms with Gasteiger partial charge in [-0.25, -0.2) is 0 Å². The van der Waals surface area contributed by atoms with Crippen LogP contribution < -0.4 is 5.73 Å². The fourth-order valence-electron chi connectivity index (χ4n) is 1.11. The lowest BCUT2D eigenvalue weighted by Crippen LogP contribution is -2.26. The lowest BCUT2D eigenvalue weighted by atomic mass is 10.1. The minimum absolute atomic E-state index is 0.376. The second-order valence-electron chi connectivity index (χ2n) is 2.77. The van der Waals surface area contributed by atoms with Gasteiger partial charge >= 0.3 is 0 Å². The number of rotatable bonds is 3. The molecule has 1 aromatic heterocycles. The Bertz CT molecular complexity index is 194. The molecule has 0 amide bonds. The molecule has 2 N–H and O–H groups in total. The van der Waals surface area contributed by atoms with Gasteiger partial charge in [-0.1, -0.05) is 0 Å². The van der Waals surface area contributed by atoms with Crippen molar-refractivity contribution in [3.8, 4) is 0 Å². The van der Waals surface area contributed by atoms with E-state index < -0.39 is 0 Å². The summed E-state index contributed by atoms with van der Waals surface area (Å²) in [6, 6.07) is 2.50. The molecule has 0 bridgehead atoms. The van der Waals surface area contributed by atoms with Crippen molar-refractivity contribution in [1.82, 2.24) is 4.90 Å². The predicted molar refractivity (Wildman–Crippen MR) is 49.8 cm³/mol. The molecule has 0 aliphatic carbocycles. The molecule has 1 atom stereocenters. The van der Waals surface area contributed by atoms with Crippen LogP contribution in [0.3, 0.4) is 0 Å². The molecule has 0 spiro atoms. The van der Waals surface area contributed by atoms with E-state index >= 15 is 0 Å². The van der Waals surface area contributed by atoms with Crippen LogP contribution in [0, 0.1) is 0 Å². The molecule has 0 saturated heterocycles. The van der Waals surface area contributed by atoms with Gasteiger partial charge in [0, 0.05) is 12.6 Å². The quantitative estimate of drug-likeness (QED) is 0.741. The first kappa shape index (κ1) is 8.71. The fourth-order valence-corrected chi connectivity index (χ4v) is 1.82. The minimum atomic E-state index is 0.376. The average Bonchev–Trinajstić information content (AvgIpc) is 2.40. The largest absolute Gasteiger partial charge is 0.329 e. The van der Waals surface area contributed by atoms with Crippen LogP contribution in [0.1, 0.15) is 11.6 Å². The van der Waals surface area contributed by atoms with E-state index in [1.54, 1.807) is 11.3 Å². The highest BCUT2D eigenvalue weighted by Crippen LogP contribution is 2.18. The first-order valence-electron chi connectivity index (χ1n) is 3.64. The van der Waals surface area contributed by atoms with Crippen LogP contribution in [0.25, 0.3) is 0 Å². The van der Waals surface area contributed by atoms with Crippen molar-refractivity contribution < 1.29 is 0 Å². The number of likely N-dealkylation sites (N-methyl/N-ethyl adjacent to an activating group) is 1. The smallest absolute Gasteiger partial charge is 0.0472 e. The zero-order valence-corrected chi connectivity index (χ0v) is 7.77. The van der Waals surface area contributed by atoms with Gasteiger partial charge in [0.15, 0.2) is 0 Å². The van der Waals surface area contributed by atoms with Crippen LogP contribution >= 0.6 is 11.3 Å². The van der Waals surface area contributed by atoms with Gasteiger partial charge in [0.25, 0.3) is 0 Å². The Kier molecular flexibility index (Phi) is 3.05. The molecule has 1 aromatic rings. The fraction of sp³-hybridized carbons (Fsp3) is 0.500. The van der Waals surface area contributed by atoms with E-state index in [1.165, 1.54) is 5.56 Å². The number of hydrogen-bond donors (Lipinski definition) is 1. The maximum atomic E-state index is 5.63. The van der Waals surface area contributed by atoms with Gasteiger partial charge in [0.1, 0.15) is 0 Å². The Hall–Kier alpha value is -0.380. The molecular formula is C8H14N2S. The summed E-state index contributed by atoms with van der Waals surface area (Å²) >= 11 is 1.72. The van der Waals surface area contributed by atoms with Gasteiger partial charge in [0.05, 0.1) is 0 Å². The standard InChI is InChI=1S/C8H14N2S/c1-10(2)8(5-9)7-3-4-11-6-7/h3-4,6,8H,5,9H2,1-2H3. The van der Waals surface area contributed by atoms with E-state index in [1.807, 2.05) is 0 Å². The third-order valence-electron chi connectivity index (χ3n) is 1.77. The van der Waals surface area contributed by atoms with Crippen molar-refractivity contribution in [2.24, 2.45) is 5.73 Å². The van der Waals surface area contributed by atoms with Gasteiger partial charge in [0.2, 0.25) is 0 Å². The minimum Gasteiger partial charge on any atom is -0.329 e. The number of nitrogens with zero attached hydrogens (tertiary/aromatic N) is 1. The summed E-state index contributed by atoms with van der Waals surface area (Å²) in [7, 11) is 4.10. The zero-order valence-electron chi connectivity index (χ0n) is 6.95. The second kappa shape index (κ2) is 3.85. The van der Waals surface area contributed by atoms with E-state index in [4.69, 9.17) is 5.73 Å². The van der Waals surface area contributed by atoms with Crippen molar-refractivity contribution >= 4 is 11.3 Å². The molecule has 3 heteroatoms. The summed E-state index contributed by atoms with van der Waals surface area (Å²) in [6.45, 7) is 0.684. The Labute approximate surface area is 71.6 Å². The summed E-state index contributed by atoms with van der Waals surface area (Å²) in [5.74, 6) is 0. The third-order valence-corrected chi connectivity index (χ3v) is 2.48. The summed E-state index contributed by atoms with van der Waals surface area (Å²) in [5.41, 5.74) is 6.95. The lowest BCUT2D eigenvalue weighted by Gasteiger charge is -2.21. The van der Waals surface area contributed by atoms with Crippen molar-refractivity contribution in [3.05, 3.63) is 22.4 Å². The molecular weight excluding hydrogens is 156 g/mol. The van der Waals surface area contributed by atoms with E-state index in [9.17, 15) is 0 Å². The maximum absolute atomic E-state index is 5.63. The lowest BCUT2D eigenvalue weighted by molar-refractivity contribution is 0.306. The van der Waals surface area contributed by atoms with Gasteiger partial charge in [-0.3, -0.25) is 0 Å². The van der Waals surface area contributed by atoms with E-state index in [0.29, 0.717) is 12.6 Å². The number of hydrogen-bond acceptors (Lipinski definition) is 3. The van der Waals surface area contributed by atoms with E-state index in [0.717, 1.165) is 0 Å². The molecule has 1 rings (SSSR count). The Balaban J connectivity index is 2.71. The van der Waals surface area contributed by atoms with Crippen LogP contribution in [0.5, 0.6) is 0 Å². The molecule has 2 nitrogen and oxygen atoms in total. The number of thiophene rings is 1. The van der Waals surface area contributed by atoms with Crippen LogP contribution in [0.4, 0.5) is 0 Å². The summed E-state index contributed by atoms with van der Waals surface area (Å²) in [6.07, 6.45) is 0. The Morgan fingerprint density at radius 3 is 2.73 bits per heavy atom. The van der Waals surface area contributed by atoms with Gasteiger partial charge in [-0.15, -0.1) is 0 Å². The number of nitrogens with two attached hydrogens (primary N) is 1. The van der Waals surface area contributed by atoms with Gasteiger partial charge < -0.3 is 10.6 Å². The molecule has 0 saturated carbocycles. The molecule has 0 fully saturated rings. The first-order chi connectivity index (χ1) is 5.25. The molecule has 1 unspecified atom stereocenters. The van der Waals surface area contributed by atoms with Crippen LogP contribution in [0.15, 0.2) is 16.8 Å². The highest BCUT2D eigenvalue weighted by atomic mass is 32.1. The second-order valence-corrected chi connectivity index (χ2v) is 3.55. The van der Waals surface area contributed by atoms with E-state index in [-0.39, 0.29) is 0 Å². The monoisotopic (exact) mass is 170 g/mol. The zero-order chi connectivity index (χ0) is 8.27. The Morgan fingerprint density at radius 1 is 1.64 bits per heavy atom. The highest BCUT2D eigenvalue weighted by molar-refractivity contribution is 7.07. The van der Waals surface area contributed by atoms with E-state index in [2.05, 4.69) is 35.8 Å². The predicted octanol–water partition coefficient (Wildman–Crippen LogP) is 1.31. The van der Waals surface area contributed by atoms with Crippen molar-refractivity contribution in [2.45, 2.75) is 6.04 Å². The molecule has 1 heterocycles. The maximum Gasteiger partial charge on any atom is 0.0472 e. The Morgan fingerprint density at radius 2 is 2.36 bits per heavy atom.